The van der Waals surface area contributed by atoms with Crippen LogP contribution in [0.1, 0.15) is 27.8 Å². The van der Waals surface area contributed by atoms with Crippen LogP contribution < -0.4 is 5.32 Å². The number of nitriles is 1. The Kier molecular flexibility index (Phi) is 5.76. The number of hydrogen-bond acceptors (Lipinski definition) is 4. The Bertz CT molecular complexity index is 1430. The van der Waals surface area contributed by atoms with Gasteiger partial charge in [-0.25, -0.2) is 4.98 Å². The molecule has 0 aliphatic carbocycles. The summed E-state index contributed by atoms with van der Waals surface area (Å²) in [7, 11) is 0. The second-order valence-corrected chi connectivity index (χ2v) is 7.96. The average molecular weight is 442 g/mol. The quantitative estimate of drug-likeness (QED) is 0.422. The van der Waals surface area contributed by atoms with Crippen LogP contribution in [0, 0.1) is 32.1 Å². The molecule has 0 aliphatic heterocycles. The first-order valence-electron chi connectivity index (χ1n) is 9.98. The fourth-order valence-electron chi connectivity index (χ4n) is 3.59. The highest BCUT2D eigenvalue weighted by molar-refractivity contribution is 6.32. The summed E-state index contributed by atoms with van der Waals surface area (Å²) in [5, 5.41) is 18.2. The predicted octanol–water partition coefficient (Wildman–Crippen LogP) is 5.52. The lowest BCUT2D eigenvalue weighted by atomic mass is 10.0. The van der Waals surface area contributed by atoms with Crippen molar-refractivity contribution in [3.8, 4) is 11.9 Å². The number of hydrogen-bond donors (Lipinski definition) is 1. The Morgan fingerprint density at radius 2 is 1.94 bits per heavy atom. The van der Waals surface area contributed by atoms with E-state index in [0.717, 1.165) is 33.2 Å². The number of carbonyl (C=O) groups excluding carboxylic acids is 1. The molecule has 32 heavy (non-hydrogen) atoms. The Morgan fingerprint density at radius 1 is 1.16 bits per heavy atom. The monoisotopic (exact) mass is 441 g/mol. The number of fused-ring (bicyclic) bond motifs is 1. The number of halogens is 1. The molecule has 2 heterocycles. The van der Waals surface area contributed by atoms with Gasteiger partial charge in [-0.2, -0.15) is 15.0 Å². The predicted molar refractivity (Wildman–Crippen MR) is 127 cm³/mol. The molecule has 6 nitrogen and oxygen atoms in total. The maximum absolute atomic E-state index is 12.6. The van der Waals surface area contributed by atoms with Crippen LogP contribution in [0.25, 0.3) is 22.8 Å². The van der Waals surface area contributed by atoms with Gasteiger partial charge in [0.1, 0.15) is 11.6 Å². The summed E-state index contributed by atoms with van der Waals surface area (Å²) in [6.45, 7) is 6.07. The number of aryl methyl sites for hydroxylation is 3. The van der Waals surface area contributed by atoms with E-state index in [1.165, 1.54) is 17.0 Å². The van der Waals surface area contributed by atoms with Crippen molar-refractivity contribution in [2.45, 2.75) is 20.8 Å². The van der Waals surface area contributed by atoms with Crippen LogP contribution in [0.2, 0.25) is 5.02 Å². The highest BCUT2D eigenvalue weighted by Gasteiger charge is 2.17. The molecule has 1 amide bonds. The first-order chi connectivity index (χ1) is 15.4. The minimum atomic E-state index is -0.410. The van der Waals surface area contributed by atoms with Crippen molar-refractivity contribution < 1.29 is 4.79 Å². The Labute approximate surface area is 190 Å². The maximum Gasteiger partial charge on any atom is 0.249 e. The van der Waals surface area contributed by atoms with Gasteiger partial charge in [0.15, 0.2) is 11.6 Å². The standard InChI is InChI=1S/C25H20ClN5O/c1-15-10-17(3)24-20(11-15)16(2)12-22(29-24)31-25(19(13-27)14-28-31)30-23(32)9-8-18-6-4-5-7-21(18)26/h4-12,14H,1-3H3,(H,30,32)/b9-8+. The molecule has 0 spiro atoms. The zero-order valence-corrected chi connectivity index (χ0v) is 18.6. The summed E-state index contributed by atoms with van der Waals surface area (Å²) in [6, 6.07) is 15.4. The number of aromatic nitrogens is 3. The Balaban J connectivity index is 1.72. The zero-order valence-electron chi connectivity index (χ0n) is 17.8. The molecule has 1 N–H and O–H groups in total. The Hall–Kier alpha value is -3.95. The summed E-state index contributed by atoms with van der Waals surface area (Å²) in [6.07, 6.45) is 4.40. The van der Waals surface area contributed by atoms with Gasteiger partial charge in [0.2, 0.25) is 5.91 Å². The third-order valence-electron chi connectivity index (χ3n) is 5.11. The van der Waals surface area contributed by atoms with E-state index in [1.54, 1.807) is 12.1 Å². The van der Waals surface area contributed by atoms with Gasteiger partial charge >= 0.3 is 0 Å². The molecule has 2 aromatic heterocycles. The number of anilines is 1. The van der Waals surface area contributed by atoms with Gasteiger partial charge in [0, 0.05) is 16.5 Å². The summed E-state index contributed by atoms with van der Waals surface area (Å²) in [4.78, 5) is 17.4. The van der Waals surface area contributed by atoms with Crippen molar-refractivity contribution in [3.05, 3.63) is 87.6 Å². The van der Waals surface area contributed by atoms with Gasteiger partial charge in [-0.3, -0.25) is 4.79 Å². The minimum absolute atomic E-state index is 0.240. The molecule has 2 aromatic carbocycles. The number of carbonyl (C=O) groups is 1. The van der Waals surface area contributed by atoms with Crippen LogP contribution >= 0.6 is 11.6 Å². The van der Waals surface area contributed by atoms with Crippen LogP contribution in [0.5, 0.6) is 0 Å². The number of nitrogens with one attached hydrogen (secondary N) is 1. The van der Waals surface area contributed by atoms with Gasteiger partial charge in [-0.1, -0.05) is 41.4 Å². The number of rotatable bonds is 4. The van der Waals surface area contributed by atoms with Gasteiger partial charge in [-0.05, 0) is 61.7 Å². The molecule has 0 atom stereocenters. The van der Waals surface area contributed by atoms with Crippen LogP contribution in [0.4, 0.5) is 5.82 Å². The molecule has 0 unspecified atom stereocenters. The largest absolute Gasteiger partial charge is 0.306 e. The van der Waals surface area contributed by atoms with Crippen molar-refractivity contribution in [2.75, 3.05) is 5.32 Å². The molecule has 0 bridgehead atoms. The van der Waals surface area contributed by atoms with Crippen molar-refractivity contribution >= 4 is 40.3 Å². The van der Waals surface area contributed by atoms with Crippen LogP contribution in [-0.2, 0) is 4.79 Å². The van der Waals surface area contributed by atoms with E-state index >= 15 is 0 Å². The van der Waals surface area contributed by atoms with E-state index in [-0.39, 0.29) is 11.4 Å². The molecule has 158 valence electrons. The van der Waals surface area contributed by atoms with Crippen LogP contribution in [0.15, 0.2) is 54.7 Å². The highest BCUT2D eigenvalue weighted by atomic mass is 35.5. The van der Waals surface area contributed by atoms with Crippen molar-refractivity contribution in [2.24, 2.45) is 0 Å². The Morgan fingerprint density at radius 3 is 2.69 bits per heavy atom. The van der Waals surface area contributed by atoms with E-state index in [4.69, 9.17) is 16.6 Å². The number of nitrogens with zero attached hydrogens (tertiary/aromatic N) is 4. The highest BCUT2D eigenvalue weighted by Crippen LogP contribution is 2.26. The van der Waals surface area contributed by atoms with Crippen molar-refractivity contribution in [3.63, 3.8) is 0 Å². The number of benzene rings is 2. The summed E-state index contributed by atoms with van der Waals surface area (Å²) >= 11 is 6.14. The van der Waals surface area contributed by atoms with Gasteiger partial charge < -0.3 is 5.32 Å². The summed E-state index contributed by atoms with van der Waals surface area (Å²) in [5.41, 5.74) is 5.06. The lowest BCUT2D eigenvalue weighted by Crippen LogP contribution is -2.14. The van der Waals surface area contributed by atoms with Gasteiger partial charge in [0.25, 0.3) is 0 Å². The van der Waals surface area contributed by atoms with E-state index in [0.29, 0.717) is 10.8 Å². The lowest BCUT2D eigenvalue weighted by molar-refractivity contribution is -0.111. The van der Waals surface area contributed by atoms with E-state index < -0.39 is 5.91 Å². The number of amides is 1. The van der Waals surface area contributed by atoms with Crippen LogP contribution in [0.3, 0.4) is 0 Å². The van der Waals surface area contributed by atoms with Crippen molar-refractivity contribution in [1.82, 2.24) is 14.8 Å². The normalized spacial score (nSPS) is 11.1. The summed E-state index contributed by atoms with van der Waals surface area (Å²) in [5.74, 6) is 0.374. The molecule has 0 saturated carbocycles. The first-order valence-corrected chi connectivity index (χ1v) is 10.4. The van der Waals surface area contributed by atoms with E-state index in [1.807, 2.05) is 38.1 Å². The number of pyridine rings is 1. The van der Waals surface area contributed by atoms with E-state index in [2.05, 4.69) is 35.5 Å². The second kappa shape index (κ2) is 8.66. The van der Waals surface area contributed by atoms with E-state index in [9.17, 15) is 10.1 Å². The molecule has 7 heteroatoms. The molecular weight excluding hydrogens is 422 g/mol. The van der Waals surface area contributed by atoms with Gasteiger partial charge in [-0.15, -0.1) is 0 Å². The fourth-order valence-corrected chi connectivity index (χ4v) is 3.79. The lowest BCUT2D eigenvalue weighted by Gasteiger charge is -2.12. The molecule has 0 fully saturated rings. The molecule has 0 saturated heterocycles. The first kappa shape index (κ1) is 21.3. The molecule has 4 rings (SSSR count). The SMILES string of the molecule is Cc1cc(C)c2nc(-n3ncc(C#N)c3NC(=O)/C=C/c3ccccc3Cl)cc(C)c2c1. The van der Waals surface area contributed by atoms with Crippen LogP contribution in [-0.4, -0.2) is 20.7 Å². The average Bonchev–Trinajstić information content (AvgIpc) is 3.16. The maximum atomic E-state index is 12.6. The zero-order chi connectivity index (χ0) is 22.8. The third-order valence-corrected chi connectivity index (χ3v) is 5.45. The smallest absolute Gasteiger partial charge is 0.249 e. The molecule has 4 aromatic rings. The van der Waals surface area contributed by atoms with Crippen molar-refractivity contribution in [1.29, 1.82) is 5.26 Å². The summed E-state index contributed by atoms with van der Waals surface area (Å²) < 4.78 is 1.48. The third kappa shape index (κ3) is 4.11. The topological polar surface area (TPSA) is 83.6 Å². The second-order valence-electron chi connectivity index (χ2n) is 7.55. The molecular formula is C25H20ClN5O. The van der Waals surface area contributed by atoms with Gasteiger partial charge in [0.05, 0.1) is 11.7 Å². The fraction of sp³-hybridized carbons (Fsp3) is 0.120. The molecule has 0 aliphatic rings. The minimum Gasteiger partial charge on any atom is -0.306 e. The molecule has 0 radical (unpaired) electrons.